The predicted octanol–water partition coefficient (Wildman–Crippen LogP) is 6.14. The molecule has 0 aliphatic carbocycles. The largest absolute Gasteiger partial charge is 0.319 e. The number of hydrogen-bond donors (Lipinski definition) is 2. The highest BCUT2D eigenvalue weighted by Crippen LogP contribution is 2.37. The highest BCUT2D eigenvalue weighted by atomic mass is 32.2. The number of carbonyl (C=O) groups is 2. The summed E-state index contributed by atoms with van der Waals surface area (Å²) in [5.41, 5.74) is 6.40. The molecular formula is C40H52N4O8S2Si. The summed E-state index contributed by atoms with van der Waals surface area (Å²) >= 11 is 0. The van der Waals surface area contributed by atoms with E-state index in [-0.39, 0.29) is 31.2 Å². The molecule has 4 aromatic carbocycles. The minimum atomic E-state index is -3.82. The lowest BCUT2D eigenvalue weighted by molar-refractivity contribution is -0.139. The molecule has 55 heavy (non-hydrogen) atoms. The van der Waals surface area contributed by atoms with E-state index in [2.05, 4.69) is 11.0 Å². The van der Waals surface area contributed by atoms with Crippen molar-refractivity contribution in [1.82, 2.24) is 19.6 Å². The third-order valence-corrected chi connectivity index (χ3v) is 18.9. The molecule has 0 spiro atoms. The molecule has 0 saturated carbocycles. The molecule has 6 rings (SSSR count). The van der Waals surface area contributed by atoms with E-state index in [1.54, 1.807) is 6.07 Å². The number of hydrogen-bond acceptors (Lipinski definition) is 8. The highest BCUT2D eigenvalue weighted by Gasteiger charge is 2.45. The van der Waals surface area contributed by atoms with Gasteiger partial charge < -0.3 is 4.53 Å². The maximum Gasteiger partial charge on any atom is 0.261 e. The van der Waals surface area contributed by atoms with Gasteiger partial charge in [0, 0.05) is 18.1 Å². The zero-order valence-corrected chi connectivity index (χ0v) is 34.6. The number of sulfonamides is 2. The van der Waals surface area contributed by atoms with Gasteiger partial charge in [-0.2, -0.15) is 8.61 Å². The van der Waals surface area contributed by atoms with Gasteiger partial charge in [0.1, 0.15) is 12.1 Å². The first-order valence-corrected chi connectivity index (χ1v) is 25.0. The van der Waals surface area contributed by atoms with Crippen molar-refractivity contribution in [2.45, 2.75) is 94.1 Å². The van der Waals surface area contributed by atoms with Crippen LogP contribution >= 0.6 is 0 Å². The van der Waals surface area contributed by atoms with E-state index in [1.165, 1.54) is 8.61 Å². The molecule has 2 N–H and O–H groups in total. The fourth-order valence-corrected chi connectivity index (χ4v) is 11.7. The first-order chi connectivity index (χ1) is 26.1. The molecule has 2 amide bonds. The highest BCUT2D eigenvalue weighted by molar-refractivity contribution is 7.88. The summed E-state index contributed by atoms with van der Waals surface area (Å²) in [6.45, 7) is 8.12. The van der Waals surface area contributed by atoms with Gasteiger partial charge in [-0.25, -0.2) is 27.8 Å². The van der Waals surface area contributed by atoms with Crippen LogP contribution in [0.5, 0.6) is 0 Å². The second-order valence-corrected chi connectivity index (χ2v) is 24.3. The van der Waals surface area contributed by atoms with Gasteiger partial charge in [-0.15, -0.1) is 0 Å². The summed E-state index contributed by atoms with van der Waals surface area (Å²) in [7, 11) is -10.4. The Morgan fingerprint density at radius 3 is 1.58 bits per heavy atom. The van der Waals surface area contributed by atoms with Gasteiger partial charge in [-0.1, -0.05) is 112 Å². The summed E-state index contributed by atoms with van der Waals surface area (Å²) in [4.78, 5) is 32.7. The van der Waals surface area contributed by atoms with Crippen molar-refractivity contribution in [3.8, 4) is 0 Å². The average Bonchev–Trinajstić information content (AvgIpc) is 3.16. The van der Waals surface area contributed by atoms with Gasteiger partial charge in [-0.3, -0.25) is 14.4 Å². The van der Waals surface area contributed by atoms with Crippen molar-refractivity contribution in [2.24, 2.45) is 0 Å². The van der Waals surface area contributed by atoms with E-state index in [0.717, 1.165) is 21.5 Å². The molecule has 0 bridgehead atoms. The summed E-state index contributed by atoms with van der Waals surface area (Å²) in [6.07, 6.45) is 3.49. The lowest BCUT2D eigenvalue weighted by Crippen LogP contribution is -2.56. The van der Waals surface area contributed by atoms with Crippen LogP contribution in [0.15, 0.2) is 84.9 Å². The number of piperidine rings is 2. The Balaban J connectivity index is 1.03. The quantitative estimate of drug-likeness (QED) is 0.114. The van der Waals surface area contributed by atoms with E-state index >= 15 is 0 Å². The van der Waals surface area contributed by atoms with Crippen molar-refractivity contribution in [2.75, 3.05) is 19.7 Å². The molecule has 0 aromatic heterocycles. The smallest absolute Gasteiger partial charge is 0.261 e. The molecule has 2 aliphatic heterocycles. The summed E-state index contributed by atoms with van der Waals surface area (Å²) in [5, 5.41) is 3.29. The van der Waals surface area contributed by atoms with Crippen molar-refractivity contribution in [3.63, 3.8) is 0 Å². The molecular weight excluding hydrogens is 757 g/mol. The minimum Gasteiger partial charge on any atom is -0.319 e. The Morgan fingerprint density at radius 2 is 1.11 bits per heavy atom. The summed E-state index contributed by atoms with van der Waals surface area (Å²) in [5.74, 6) is -1.48. The Hall–Kier alpha value is -3.70. The molecule has 2 saturated heterocycles. The third-order valence-electron chi connectivity index (χ3n) is 11.2. The molecule has 4 aromatic rings. The zero-order chi connectivity index (χ0) is 39.4. The second-order valence-electron chi connectivity index (χ2n) is 15.8. The number of nitrogens with one attached hydrogen (secondary N) is 2. The van der Waals surface area contributed by atoms with E-state index < -0.39 is 57.3 Å². The predicted molar refractivity (Wildman–Crippen MR) is 217 cm³/mol. The first kappa shape index (κ1) is 40.9. The number of carbonyl (C=O) groups excluding carboxylic acids is 2. The molecule has 2 atom stereocenters. The van der Waals surface area contributed by atoms with Crippen molar-refractivity contribution in [1.29, 1.82) is 0 Å². The van der Waals surface area contributed by atoms with Crippen LogP contribution in [0.2, 0.25) is 18.1 Å². The topological polar surface area (TPSA) is 151 Å². The van der Waals surface area contributed by atoms with Gasteiger partial charge in [0.25, 0.3) is 11.8 Å². The van der Waals surface area contributed by atoms with Crippen LogP contribution < -0.4 is 11.0 Å². The lowest BCUT2D eigenvalue weighted by atomic mass is 10.0. The van der Waals surface area contributed by atoms with Crippen LogP contribution in [0.1, 0.15) is 63.5 Å². The van der Waals surface area contributed by atoms with Crippen LogP contribution in [-0.2, 0) is 50.5 Å². The summed E-state index contributed by atoms with van der Waals surface area (Å²) in [6, 6.07) is 24.9. The molecule has 296 valence electrons. The Labute approximate surface area is 325 Å². The molecule has 2 fully saturated rings. The maximum atomic E-state index is 13.7. The molecule has 0 unspecified atom stereocenters. The first-order valence-electron chi connectivity index (χ1n) is 18.9. The minimum absolute atomic E-state index is 0.0279. The zero-order valence-electron chi connectivity index (χ0n) is 32.0. The standard InChI is InChI=1S/C40H52N4O8S2Si/c1-40(2,29-51-41-38(45)36-17-9-11-23-43(36)53(47,48)27-30-19-21-32-13-5-7-15-34(32)25-30)55(3,4)52-42-39(46)37-18-10-12-24-44(37)54(49,50)28-31-20-22-33-14-6-8-16-35(33)26-31/h5-8,13-16,19-22,25-26,36-37H,9-12,17-18,23-24,27-29H2,1-4H3,(H,41,45)(H,42,46)/t36-,37-/m1/s1. The van der Waals surface area contributed by atoms with Gasteiger partial charge in [0.15, 0.2) is 0 Å². The number of benzene rings is 4. The van der Waals surface area contributed by atoms with Crippen LogP contribution in [0.4, 0.5) is 0 Å². The van der Waals surface area contributed by atoms with Crippen LogP contribution in [0, 0.1) is 0 Å². The monoisotopic (exact) mass is 808 g/mol. The van der Waals surface area contributed by atoms with Crippen LogP contribution in [0.25, 0.3) is 21.5 Å². The van der Waals surface area contributed by atoms with Crippen molar-refractivity contribution >= 4 is 61.7 Å². The van der Waals surface area contributed by atoms with Crippen LogP contribution in [0.3, 0.4) is 0 Å². The van der Waals surface area contributed by atoms with Crippen LogP contribution in [-0.4, -0.2) is 77.4 Å². The molecule has 12 nitrogen and oxygen atoms in total. The van der Waals surface area contributed by atoms with Gasteiger partial charge >= 0.3 is 0 Å². The maximum absolute atomic E-state index is 13.7. The Bertz CT molecular complexity index is 2250. The van der Waals surface area contributed by atoms with E-state index in [1.807, 2.05) is 106 Å². The van der Waals surface area contributed by atoms with Crippen molar-refractivity contribution < 1.29 is 35.8 Å². The van der Waals surface area contributed by atoms with Gasteiger partial charge in [0.2, 0.25) is 28.4 Å². The fourth-order valence-electron chi connectivity index (χ4n) is 7.16. The Kier molecular flexibility index (Phi) is 12.5. The lowest BCUT2D eigenvalue weighted by Gasteiger charge is -2.39. The third kappa shape index (κ3) is 9.64. The van der Waals surface area contributed by atoms with E-state index in [9.17, 15) is 26.4 Å². The van der Waals surface area contributed by atoms with Gasteiger partial charge in [-0.05, 0) is 71.4 Å². The number of nitrogens with zero attached hydrogens (tertiary/aromatic N) is 2. The summed E-state index contributed by atoms with van der Waals surface area (Å²) < 4.78 is 63.3. The number of rotatable bonds is 14. The molecule has 0 radical (unpaired) electrons. The molecule has 15 heteroatoms. The fraction of sp³-hybridized carbons (Fsp3) is 0.450. The second kappa shape index (κ2) is 16.8. The van der Waals surface area contributed by atoms with Crippen molar-refractivity contribution in [3.05, 3.63) is 96.1 Å². The van der Waals surface area contributed by atoms with Gasteiger partial charge in [0.05, 0.1) is 18.1 Å². The number of fused-ring (bicyclic) bond motifs is 2. The SMILES string of the molecule is CC(C)(CONC(=O)[C@H]1CCCCN1S(=O)(=O)Cc1ccc2ccccc2c1)[Si](C)(C)ONC(=O)[C@H]1CCCCN1S(=O)(=O)Cc1ccc2ccccc2c1. The Morgan fingerprint density at radius 1 is 0.673 bits per heavy atom. The molecule has 2 aliphatic rings. The number of hydroxylamine groups is 2. The van der Waals surface area contributed by atoms with E-state index in [4.69, 9.17) is 9.36 Å². The van der Waals surface area contributed by atoms with E-state index in [0.29, 0.717) is 49.7 Å². The molecule has 2 heterocycles. The number of amides is 2. The normalized spacial score (nSPS) is 19.3. The average molecular weight is 809 g/mol.